The van der Waals surface area contributed by atoms with E-state index in [4.69, 9.17) is 0 Å². The minimum absolute atomic E-state index is 0.0220. The smallest absolute Gasteiger partial charge is 0.237 e. The Kier molecular flexibility index (Phi) is 6.74. The van der Waals surface area contributed by atoms with Crippen LogP contribution in [0, 0.1) is 19.7 Å². The molecular weight excluding hydrogens is 407 g/mol. The van der Waals surface area contributed by atoms with E-state index in [1.165, 1.54) is 22.9 Å². The largest absolute Gasteiger partial charge is 0.368 e. The van der Waals surface area contributed by atoms with Crippen molar-refractivity contribution >= 4 is 17.5 Å². The molecule has 2 saturated heterocycles. The number of nitrogens with one attached hydrogen (secondary N) is 1. The zero-order chi connectivity index (χ0) is 22.7. The second-order valence-corrected chi connectivity index (χ2v) is 8.66. The van der Waals surface area contributed by atoms with Gasteiger partial charge < -0.3 is 15.1 Å². The van der Waals surface area contributed by atoms with E-state index in [0.29, 0.717) is 38.3 Å². The number of benzene rings is 2. The summed E-state index contributed by atoms with van der Waals surface area (Å²) in [6.45, 7) is 8.47. The molecule has 2 aliphatic heterocycles. The highest BCUT2D eigenvalue weighted by atomic mass is 19.1. The van der Waals surface area contributed by atoms with Crippen molar-refractivity contribution in [1.82, 2.24) is 15.1 Å². The molecule has 0 bridgehead atoms. The molecular formula is C25H31FN4O2. The fourth-order valence-electron chi connectivity index (χ4n) is 4.59. The molecule has 32 heavy (non-hydrogen) atoms. The number of rotatable bonds is 5. The van der Waals surface area contributed by atoms with Crippen LogP contribution in [0.4, 0.5) is 10.1 Å². The van der Waals surface area contributed by atoms with Crippen LogP contribution >= 0.6 is 0 Å². The zero-order valence-electron chi connectivity index (χ0n) is 18.8. The second-order valence-electron chi connectivity index (χ2n) is 8.66. The Morgan fingerprint density at radius 1 is 1.03 bits per heavy atom. The number of anilines is 1. The number of amides is 2. The van der Waals surface area contributed by atoms with Gasteiger partial charge in [-0.25, -0.2) is 4.39 Å². The van der Waals surface area contributed by atoms with Crippen molar-refractivity contribution in [3.8, 4) is 0 Å². The van der Waals surface area contributed by atoms with Crippen LogP contribution in [0.1, 0.15) is 23.1 Å². The molecule has 2 heterocycles. The molecule has 2 aromatic carbocycles. The molecule has 0 saturated carbocycles. The van der Waals surface area contributed by atoms with E-state index < -0.39 is 6.04 Å². The van der Waals surface area contributed by atoms with Crippen molar-refractivity contribution in [3.05, 3.63) is 65.0 Å². The van der Waals surface area contributed by atoms with Crippen molar-refractivity contribution in [3.63, 3.8) is 0 Å². The summed E-state index contributed by atoms with van der Waals surface area (Å²) < 4.78 is 14.1. The van der Waals surface area contributed by atoms with Gasteiger partial charge in [-0.1, -0.05) is 30.3 Å². The first kappa shape index (κ1) is 22.3. The molecule has 0 spiro atoms. The van der Waals surface area contributed by atoms with Gasteiger partial charge in [-0.3, -0.25) is 14.5 Å². The van der Waals surface area contributed by atoms with E-state index in [0.717, 1.165) is 13.1 Å². The number of hydrogen-bond donors (Lipinski definition) is 1. The maximum absolute atomic E-state index is 14.1. The fraction of sp³-hybridized carbons (Fsp3) is 0.440. The first-order valence-electron chi connectivity index (χ1n) is 11.3. The van der Waals surface area contributed by atoms with Crippen molar-refractivity contribution in [2.45, 2.75) is 32.9 Å². The summed E-state index contributed by atoms with van der Waals surface area (Å²) in [5, 5.41) is 2.86. The molecule has 7 heteroatoms. The number of hydrogen-bond acceptors (Lipinski definition) is 4. The number of carbonyl (C=O) groups is 2. The summed E-state index contributed by atoms with van der Waals surface area (Å²) in [6.07, 6.45) is 0.115. The molecule has 2 amide bonds. The summed E-state index contributed by atoms with van der Waals surface area (Å²) in [6, 6.07) is 12.3. The quantitative estimate of drug-likeness (QED) is 0.779. The maximum Gasteiger partial charge on any atom is 0.237 e. The standard InChI is InChI=1S/C25H31FN4O2/c1-18-6-5-9-22(19(18)2)28-12-14-29(15-13-28)24(31)16-23-25(32)27-10-11-30(23)17-20-7-3-4-8-21(20)26/h3-9,23H,10-17H2,1-2H3,(H,27,32)/t23-/m1/s1. The minimum Gasteiger partial charge on any atom is -0.368 e. The van der Waals surface area contributed by atoms with Gasteiger partial charge >= 0.3 is 0 Å². The first-order valence-corrected chi connectivity index (χ1v) is 11.3. The summed E-state index contributed by atoms with van der Waals surface area (Å²) in [4.78, 5) is 31.7. The van der Waals surface area contributed by atoms with Crippen LogP contribution in [0.5, 0.6) is 0 Å². The van der Waals surface area contributed by atoms with Crippen LogP contribution in [0.2, 0.25) is 0 Å². The predicted octanol–water partition coefficient (Wildman–Crippen LogP) is 2.48. The average molecular weight is 439 g/mol. The number of halogens is 1. The number of nitrogens with zero attached hydrogens (tertiary/aromatic N) is 3. The Morgan fingerprint density at radius 3 is 2.53 bits per heavy atom. The Morgan fingerprint density at radius 2 is 1.78 bits per heavy atom. The van der Waals surface area contributed by atoms with Gasteiger partial charge in [0.25, 0.3) is 0 Å². The van der Waals surface area contributed by atoms with Crippen LogP contribution in [-0.4, -0.2) is 66.9 Å². The third-order valence-corrected chi connectivity index (χ3v) is 6.69. The summed E-state index contributed by atoms with van der Waals surface area (Å²) in [7, 11) is 0. The van der Waals surface area contributed by atoms with Crippen LogP contribution in [-0.2, 0) is 16.1 Å². The lowest BCUT2D eigenvalue weighted by atomic mass is 10.0. The SMILES string of the molecule is Cc1cccc(N2CCN(C(=O)C[C@@H]3C(=O)NCCN3Cc3ccccc3F)CC2)c1C. The second kappa shape index (κ2) is 9.69. The normalized spacial score (nSPS) is 19.7. The Balaban J connectivity index is 1.38. The molecule has 170 valence electrons. The van der Waals surface area contributed by atoms with E-state index in [-0.39, 0.29) is 24.1 Å². The molecule has 2 fully saturated rings. The first-order chi connectivity index (χ1) is 15.4. The maximum atomic E-state index is 14.1. The summed E-state index contributed by atoms with van der Waals surface area (Å²) in [5.41, 5.74) is 4.30. The van der Waals surface area contributed by atoms with E-state index in [1.54, 1.807) is 18.2 Å². The van der Waals surface area contributed by atoms with Gasteiger partial charge in [-0.2, -0.15) is 0 Å². The molecule has 4 rings (SSSR count). The molecule has 2 aromatic rings. The molecule has 0 aliphatic carbocycles. The lowest BCUT2D eigenvalue weighted by Crippen LogP contribution is -2.57. The van der Waals surface area contributed by atoms with Gasteiger partial charge in [0.2, 0.25) is 11.8 Å². The van der Waals surface area contributed by atoms with Gasteiger partial charge in [0.1, 0.15) is 5.82 Å². The Hall–Kier alpha value is -2.93. The Bertz CT molecular complexity index is 988. The highest BCUT2D eigenvalue weighted by molar-refractivity contribution is 5.89. The van der Waals surface area contributed by atoms with Gasteiger partial charge in [0.05, 0.1) is 12.5 Å². The van der Waals surface area contributed by atoms with E-state index in [2.05, 4.69) is 42.3 Å². The molecule has 0 aromatic heterocycles. The van der Waals surface area contributed by atoms with E-state index >= 15 is 0 Å². The topological polar surface area (TPSA) is 55.9 Å². The number of piperazine rings is 2. The monoisotopic (exact) mass is 438 g/mol. The minimum atomic E-state index is -0.576. The van der Waals surface area contributed by atoms with E-state index in [1.807, 2.05) is 9.80 Å². The zero-order valence-corrected chi connectivity index (χ0v) is 18.8. The van der Waals surface area contributed by atoms with Crippen LogP contribution < -0.4 is 10.2 Å². The van der Waals surface area contributed by atoms with Gasteiger partial charge in [-0.15, -0.1) is 0 Å². The third kappa shape index (κ3) is 4.78. The predicted molar refractivity (Wildman–Crippen MR) is 123 cm³/mol. The lowest BCUT2D eigenvalue weighted by molar-refractivity contribution is -0.139. The number of aryl methyl sites for hydroxylation is 1. The summed E-state index contributed by atoms with van der Waals surface area (Å²) in [5.74, 6) is -0.465. The van der Waals surface area contributed by atoms with E-state index in [9.17, 15) is 14.0 Å². The highest BCUT2D eigenvalue weighted by Gasteiger charge is 2.34. The van der Waals surface area contributed by atoms with Crippen molar-refractivity contribution in [2.24, 2.45) is 0 Å². The Labute approximate surface area is 189 Å². The van der Waals surface area contributed by atoms with Crippen molar-refractivity contribution in [1.29, 1.82) is 0 Å². The van der Waals surface area contributed by atoms with Crippen molar-refractivity contribution < 1.29 is 14.0 Å². The molecule has 1 N–H and O–H groups in total. The van der Waals surface area contributed by atoms with Crippen LogP contribution in [0.3, 0.4) is 0 Å². The van der Waals surface area contributed by atoms with Gasteiger partial charge in [0.15, 0.2) is 0 Å². The van der Waals surface area contributed by atoms with Crippen LogP contribution in [0.15, 0.2) is 42.5 Å². The highest BCUT2D eigenvalue weighted by Crippen LogP contribution is 2.24. The van der Waals surface area contributed by atoms with Gasteiger partial charge in [0, 0.05) is 57.1 Å². The van der Waals surface area contributed by atoms with Crippen LogP contribution in [0.25, 0.3) is 0 Å². The third-order valence-electron chi connectivity index (χ3n) is 6.69. The molecule has 0 unspecified atom stereocenters. The lowest BCUT2D eigenvalue weighted by Gasteiger charge is -2.39. The molecule has 0 radical (unpaired) electrons. The van der Waals surface area contributed by atoms with Crippen molar-refractivity contribution in [2.75, 3.05) is 44.2 Å². The average Bonchev–Trinajstić information content (AvgIpc) is 2.79. The molecule has 6 nitrogen and oxygen atoms in total. The number of carbonyl (C=O) groups excluding carboxylic acids is 2. The summed E-state index contributed by atoms with van der Waals surface area (Å²) >= 11 is 0. The molecule has 2 aliphatic rings. The van der Waals surface area contributed by atoms with Gasteiger partial charge in [-0.05, 0) is 37.1 Å². The fourth-order valence-corrected chi connectivity index (χ4v) is 4.59. The molecule has 1 atom stereocenters.